The monoisotopic (exact) mass is 343 g/mol. The maximum atomic E-state index is 13.2. The summed E-state index contributed by atoms with van der Waals surface area (Å²) >= 11 is 0. The number of rotatable bonds is 3. The van der Waals surface area contributed by atoms with Crippen molar-refractivity contribution in [3.63, 3.8) is 0 Å². The first-order chi connectivity index (χ1) is 12.8. The van der Waals surface area contributed by atoms with Crippen molar-refractivity contribution in [3.05, 3.63) is 88.5 Å². The van der Waals surface area contributed by atoms with Crippen molar-refractivity contribution >= 4 is 11.5 Å². The van der Waals surface area contributed by atoms with Crippen LogP contribution in [0.2, 0.25) is 0 Å². The largest absolute Gasteiger partial charge is 0.333 e. The molecule has 0 amide bonds. The van der Waals surface area contributed by atoms with Crippen LogP contribution in [0.15, 0.2) is 71.8 Å². The third-order valence-corrected chi connectivity index (χ3v) is 5.74. The number of hydrogen-bond acceptors (Lipinski definition) is 3. The van der Waals surface area contributed by atoms with Crippen LogP contribution in [0, 0.1) is 11.8 Å². The van der Waals surface area contributed by atoms with Gasteiger partial charge < -0.3 is 4.90 Å². The van der Waals surface area contributed by atoms with Gasteiger partial charge >= 0.3 is 0 Å². The predicted molar refractivity (Wildman–Crippen MR) is 103 cm³/mol. The van der Waals surface area contributed by atoms with E-state index < -0.39 is 0 Å². The van der Waals surface area contributed by atoms with Gasteiger partial charge in [0.25, 0.3) is 5.56 Å². The Morgan fingerprint density at radius 2 is 1.96 bits per heavy atom. The smallest absolute Gasteiger partial charge is 0.263 e. The zero-order valence-electron chi connectivity index (χ0n) is 14.7. The first-order valence-corrected chi connectivity index (χ1v) is 9.22. The molecule has 26 heavy (non-hydrogen) atoms. The van der Waals surface area contributed by atoms with Gasteiger partial charge in [-0.15, -0.1) is 0 Å². The highest BCUT2D eigenvalue weighted by molar-refractivity contribution is 5.61. The lowest BCUT2D eigenvalue weighted by Crippen LogP contribution is -2.31. The first kappa shape index (κ1) is 15.4. The molecule has 0 saturated heterocycles. The molecule has 3 heterocycles. The van der Waals surface area contributed by atoms with Crippen molar-refractivity contribution < 1.29 is 0 Å². The Balaban J connectivity index is 1.62. The van der Waals surface area contributed by atoms with Gasteiger partial charge in [-0.3, -0.25) is 9.20 Å². The van der Waals surface area contributed by atoms with Crippen LogP contribution < -0.4 is 10.5 Å². The van der Waals surface area contributed by atoms with E-state index in [9.17, 15) is 4.79 Å². The Bertz CT molecular complexity index is 1050. The summed E-state index contributed by atoms with van der Waals surface area (Å²) in [4.78, 5) is 20.2. The third-order valence-electron chi connectivity index (χ3n) is 5.74. The van der Waals surface area contributed by atoms with E-state index >= 15 is 0 Å². The van der Waals surface area contributed by atoms with Crippen molar-refractivity contribution in [2.75, 3.05) is 11.4 Å². The molecule has 1 aliphatic heterocycles. The van der Waals surface area contributed by atoms with Crippen LogP contribution in [0.4, 0.5) is 5.82 Å². The lowest BCUT2D eigenvalue weighted by Gasteiger charge is -2.26. The SMILES string of the molecule is CC=CN1C[C@H]2[C@@H](Cc3ccccc3)[C@H]2c2c1nc1ccccn1c2=O. The second-order valence-electron chi connectivity index (χ2n) is 7.26. The normalized spacial score (nSPS) is 23.9. The second-order valence-corrected chi connectivity index (χ2v) is 7.26. The molecule has 1 aliphatic carbocycles. The minimum absolute atomic E-state index is 0.0883. The highest BCUT2D eigenvalue weighted by Gasteiger charge is 2.56. The van der Waals surface area contributed by atoms with Crippen molar-refractivity contribution in [2.45, 2.75) is 19.3 Å². The Labute approximate surface area is 152 Å². The summed E-state index contributed by atoms with van der Waals surface area (Å²) in [6, 6.07) is 16.3. The van der Waals surface area contributed by atoms with Gasteiger partial charge in [0.05, 0.1) is 5.56 Å². The quantitative estimate of drug-likeness (QED) is 0.729. The van der Waals surface area contributed by atoms with Crippen molar-refractivity contribution in [1.82, 2.24) is 9.38 Å². The Morgan fingerprint density at radius 3 is 2.77 bits per heavy atom. The van der Waals surface area contributed by atoms with Gasteiger partial charge in [0.15, 0.2) is 0 Å². The van der Waals surface area contributed by atoms with Crippen molar-refractivity contribution in [2.24, 2.45) is 11.8 Å². The van der Waals surface area contributed by atoms with Gasteiger partial charge in [0.1, 0.15) is 11.5 Å². The number of nitrogens with zero attached hydrogens (tertiary/aromatic N) is 3. The predicted octanol–water partition coefficient (Wildman–Crippen LogP) is 3.62. The van der Waals surface area contributed by atoms with Crippen LogP contribution >= 0.6 is 0 Å². The topological polar surface area (TPSA) is 37.6 Å². The second kappa shape index (κ2) is 5.84. The number of benzene rings is 1. The maximum Gasteiger partial charge on any atom is 0.263 e. The van der Waals surface area contributed by atoms with Crippen LogP contribution in [-0.2, 0) is 6.42 Å². The molecule has 0 spiro atoms. The van der Waals surface area contributed by atoms with E-state index in [1.54, 1.807) is 4.40 Å². The first-order valence-electron chi connectivity index (χ1n) is 9.22. The van der Waals surface area contributed by atoms with E-state index in [1.165, 1.54) is 5.56 Å². The Kier molecular flexibility index (Phi) is 3.45. The fourth-order valence-corrected chi connectivity index (χ4v) is 4.51. The van der Waals surface area contributed by atoms with E-state index in [1.807, 2.05) is 37.4 Å². The van der Waals surface area contributed by atoms with E-state index in [4.69, 9.17) is 4.98 Å². The highest BCUT2D eigenvalue weighted by Crippen LogP contribution is 2.59. The number of fused-ring (bicyclic) bond motifs is 4. The molecule has 4 heteroatoms. The van der Waals surface area contributed by atoms with Gasteiger partial charge in [-0.25, -0.2) is 4.98 Å². The number of hydrogen-bond donors (Lipinski definition) is 0. The fraction of sp³-hybridized carbons (Fsp3) is 0.273. The van der Waals surface area contributed by atoms with E-state index in [2.05, 4.69) is 41.4 Å². The molecule has 0 radical (unpaired) electrons. The number of aromatic nitrogens is 2. The molecule has 0 unspecified atom stereocenters. The molecule has 0 N–H and O–H groups in total. The number of pyridine rings is 1. The summed E-state index contributed by atoms with van der Waals surface area (Å²) in [5.74, 6) is 2.21. The minimum atomic E-state index is 0.0883. The molecule has 3 aromatic rings. The average Bonchev–Trinajstić information content (AvgIpc) is 3.35. The molecular weight excluding hydrogens is 322 g/mol. The standard InChI is InChI=1S/C22H21N3O/c1-2-11-24-14-17-16(13-15-8-4-3-5-9-15)19(17)20-21(24)23-18-10-6-7-12-25(18)22(20)26/h2-12,16-17,19H,13-14H2,1H3/t16-,17+,19-/m1/s1. The molecule has 5 rings (SSSR count). The van der Waals surface area contributed by atoms with Crippen LogP contribution in [0.3, 0.4) is 0 Å². The summed E-state index contributed by atoms with van der Waals surface area (Å²) in [5.41, 5.74) is 3.04. The average molecular weight is 343 g/mol. The van der Waals surface area contributed by atoms with Gasteiger partial charge in [-0.05, 0) is 42.9 Å². The van der Waals surface area contributed by atoms with Crippen molar-refractivity contribution in [3.8, 4) is 0 Å². The summed E-state index contributed by atoms with van der Waals surface area (Å²) in [6.45, 7) is 2.95. The highest BCUT2D eigenvalue weighted by atomic mass is 16.1. The molecule has 1 aromatic carbocycles. The summed E-state index contributed by atoms with van der Waals surface area (Å²) in [5, 5.41) is 0. The summed E-state index contributed by atoms with van der Waals surface area (Å²) in [6.07, 6.45) is 6.92. The lowest BCUT2D eigenvalue weighted by atomic mass is 10.0. The van der Waals surface area contributed by atoms with Gasteiger partial charge in [-0.2, -0.15) is 0 Å². The Hall–Kier alpha value is -2.88. The molecule has 0 bridgehead atoms. The third kappa shape index (κ3) is 2.29. The van der Waals surface area contributed by atoms with E-state index in [0.29, 0.717) is 23.4 Å². The van der Waals surface area contributed by atoms with E-state index in [-0.39, 0.29) is 5.56 Å². The van der Waals surface area contributed by atoms with Crippen LogP contribution in [0.25, 0.3) is 5.65 Å². The van der Waals surface area contributed by atoms with Gasteiger partial charge in [-0.1, -0.05) is 42.5 Å². The summed E-state index contributed by atoms with van der Waals surface area (Å²) in [7, 11) is 0. The van der Waals surface area contributed by atoms with Gasteiger partial charge in [0, 0.05) is 24.9 Å². The molecule has 4 nitrogen and oxygen atoms in total. The van der Waals surface area contributed by atoms with E-state index in [0.717, 1.165) is 24.3 Å². The fourth-order valence-electron chi connectivity index (χ4n) is 4.51. The zero-order chi connectivity index (χ0) is 17.7. The molecular formula is C22H21N3O. The summed E-state index contributed by atoms with van der Waals surface area (Å²) < 4.78 is 1.69. The molecule has 130 valence electrons. The molecule has 2 aromatic heterocycles. The van der Waals surface area contributed by atoms with Crippen LogP contribution in [0.1, 0.15) is 24.0 Å². The molecule has 3 atom stereocenters. The Morgan fingerprint density at radius 1 is 1.15 bits per heavy atom. The molecule has 2 aliphatic rings. The van der Waals surface area contributed by atoms with Crippen LogP contribution in [0.5, 0.6) is 0 Å². The van der Waals surface area contributed by atoms with Crippen molar-refractivity contribution in [1.29, 1.82) is 0 Å². The van der Waals surface area contributed by atoms with Crippen LogP contribution in [-0.4, -0.2) is 15.9 Å². The van der Waals surface area contributed by atoms with Gasteiger partial charge in [0.2, 0.25) is 0 Å². The number of anilines is 1. The molecule has 1 fully saturated rings. The zero-order valence-corrected chi connectivity index (χ0v) is 14.7. The minimum Gasteiger partial charge on any atom is -0.333 e. The number of allylic oxidation sites excluding steroid dienone is 1. The molecule has 1 saturated carbocycles. The maximum absolute atomic E-state index is 13.2. The lowest BCUT2D eigenvalue weighted by molar-refractivity contribution is 0.683.